The molecule has 4 heteroatoms. The van der Waals surface area contributed by atoms with Gasteiger partial charge in [0.25, 0.3) is 0 Å². The highest BCUT2D eigenvalue weighted by Crippen LogP contribution is 2.31. The zero-order chi connectivity index (χ0) is 14.8. The highest BCUT2D eigenvalue weighted by atomic mass is 79.9. The molecule has 3 rings (SSSR count). The lowest BCUT2D eigenvalue weighted by atomic mass is 10.1. The molecule has 0 unspecified atom stereocenters. The Hall–Kier alpha value is -1.58. The minimum Gasteiger partial charge on any atom is -0.488 e. The number of ether oxygens (including phenoxy) is 1. The summed E-state index contributed by atoms with van der Waals surface area (Å²) in [7, 11) is 0. The molecule has 0 N–H and O–H groups in total. The summed E-state index contributed by atoms with van der Waals surface area (Å²) >= 11 is 9.45. The summed E-state index contributed by atoms with van der Waals surface area (Å²) in [4.78, 5) is 0. The van der Waals surface area contributed by atoms with Crippen molar-refractivity contribution in [1.82, 2.24) is 0 Å². The number of benzene rings is 3. The van der Waals surface area contributed by atoms with Crippen LogP contribution >= 0.6 is 27.5 Å². The fourth-order valence-electron chi connectivity index (χ4n) is 2.22. The first kappa shape index (κ1) is 14.4. The SMILES string of the molecule is Fc1cc(Br)cc(COc2ccc(Cl)c3ccccc23)c1. The summed E-state index contributed by atoms with van der Waals surface area (Å²) in [5.41, 5.74) is 0.765. The van der Waals surface area contributed by atoms with Gasteiger partial charge in [-0.15, -0.1) is 0 Å². The van der Waals surface area contributed by atoms with Crippen LogP contribution in [0.2, 0.25) is 5.02 Å². The lowest BCUT2D eigenvalue weighted by Gasteiger charge is -2.11. The topological polar surface area (TPSA) is 9.23 Å². The molecule has 3 aromatic rings. The molecule has 0 saturated carbocycles. The van der Waals surface area contributed by atoms with Gasteiger partial charge in [0.15, 0.2) is 0 Å². The van der Waals surface area contributed by atoms with Gasteiger partial charge in [0.05, 0.1) is 0 Å². The Morgan fingerprint density at radius 1 is 1.00 bits per heavy atom. The molecule has 0 bridgehead atoms. The minimum atomic E-state index is -0.288. The quantitative estimate of drug-likeness (QED) is 0.555. The average molecular weight is 366 g/mol. The minimum absolute atomic E-state index is 0.288. The fourth-order valence-corrected chi connectivity index (χ4v) is 2.96. The second-order valence-electron chi connectivity index (χ2n) is 4.66. The lowest BCUT2D eigenvalue weighted by molar-refractivity contribution is 0.309. The van der Waals surface area contributed by atoms with Crippen molar-refractivity contribution in [2.24, 2.45) is 0 Å². The zero-order valence-corrected chi connectivity index (χ0v) is 13.3. The first-order valence-corrected chi connectivity index (χ1v) is 7.55. The summed E-state index contributed by atoms with van der Waals surface area (Å²) in [6, 6.07) is 16.1. The summed E-state index contributed by atoms with van der Waals surface area (Å²) < 4.78 is 19.9. The van der Waals surface area contributed by atoms with Crippen molar-refractivity contribution in [3.63, 3.8) is 0 Å². The van der Waals surface area contributed by atoms with Gasteiger partial charge < -0.3 is 4.74 Å². The van der Waals surface area contributed by atoms with E-state index < -0.39 is 0 Å². The van der Waals surface area contributed by atoms with Gasteiger partial charge in [-0.3, -0.25) is 0 Å². The molecule has 0 heterocycles. The van der Waals surface area contributed by atoms with E-state index in [1.165, 1.54) is 12.1 Å². The van der Waals surface area contributed by atoms with Gasteiger partial charge >= 0.3 is 0 Å². The molecule has 106 valence electrons. The molecule has 3 aromatic carbocycles. The predicted octanol–water partition coefficient (Wildman–Crippen LogP) is 5.97. The van der Waals surface area contributed by atoms with Gasteiger partial charge in [-0.1, -0.05) is 51.8 Å². The molecule has 0 aromatic heterocycles. The highest BCUT2D eigenvalue weighted by Gasteiger charge is 2.06. The third kappa shape index (κ3) is 3.20. The predicted molar refractivity (Wildman–Crippen MR) is 87.4 cm³/mol. The molecule has 0 radical (unpaired) electrons. The molecule has 0 fully saturated rings. The summed E-state index contributed by atoms with van der Waals surface area (Å²) in [6.07, 6.45) is 0. The number of halogens is 3. The lowest BCUT2D eigenvalue weighted by Crippen LogP contribution is -1.97. The Morgan fingerprint density at radius 2 is 1.76 bits per heavy atom. The van der Waals surface area contributed by atoms with E-state index >= 15 is 0 Å². The van der Waals surface area contributed by atoms with Gasteiger partial charge in [0.2, 0.25) is 0 Å². The number of rotatable bonds is 3. The van der Waals surface area contributed by atoms with Gasteiger partial charge in [-0.25, -0.2) is 4.39 Å². The van der Waals surface area contributed by atoms with E-state index in [-0.39, 0.29) is 5.82 Å². The standard InChI is InChI=1S/C17H11BrClFO/c18-12-7-11(8-13(20)9-12)10-21-17-6-5-16(19)14-3-1-2-4-15(14)17/h1-9H,10H2. The third-order valence-corrected chi connectivity index (χ3v) is 3.93. The van der Waals surface area contributed by atoms with E-state index in [1.54, 1.807) is 6.07 Å². The van der Waals surface area contributed by atoms with Gasteiger partial charge in [-0.2, -0.15) is 0 Å². The highest BCUT2D eigenvalue weighted by molar-refractivity contribution is 9.10. The number of fused-ring (bicyclic) bond motifs is 1. The molecule has 0 atom stereocenters. The Labute approximate surface area is 135 Å². The van der Waals surface area contributed by atoms with Gasteiger partial charge in [0, 0.05) is 20.3 Å². The first-order chi connectivity index (χ1) is 10.1. The van der Waals surface area contributed by atoms with Crippen LogP contribution in [-0.4, -0.2) is 0 Å². The molecule has 0 aliphatic carbocycles. The molecule has 21 heavy (non-hydrogen) atoms. The normalized spacial score (nSPS) is 10.8. The van der Waals surface area contributed by atoms with Crippen molar-refractivity contribution >= 4 is 38.3 Å². The van der Waals surface area contributed by atoms with E-state index in [0.29, 0.717) is 16.1 Å². The van der Waals surface area contributed by atoms with Crippen LogP contribution in [0, 0.1) is 5.82 Å². The van der Waals surface area contributed by atoms with Crippen molar-refractivity contribution in [1.29, 1.82) is 0 Å². The van der Waals surface area contributed by atoms with Crippen molar-refractivity contribution in [3.8, 4) is 5.75 Å². The Morgan fingerprint density at radius 3 is 2.52 bits per heavy atom. The fraction of sp³-hybridized carbons (Fsp3) is 0.0588. The molecule has 1 nitrogen and oxygen atoms in total. The second-order valence-corrected chi connectivity index (χ2v) is 5.98. The molecular weight excluding hydrogens is 355 g/mol. The van der Waals surface area contributed by atoms with Crippen LogP contribution in [0.15, 0.2) is 59.1 Å². The van der Waals surface area contributed by atoms with Crippen LogP contribution in [0.25, 0.3) is 10.8 Å². The number of hydrogen-bond acceptors (Lipinski definition) is 1. The van der Waals surface area contributed by atoms with Crippen molar-refractivity contribution < 1.29 is 9.13 Å². The second kappa shape index (κ2) is 6.04. The molecule has 0 amide bonds. The van der Waals surface area contributed by atoms with E-state index in [4.69, 9.17) is 16.3 Å². The largest absolute Gasteiger partial charge is 0.488 e. The zero-order valence-electron chi connectivity index (χ0n) is 10.9. The molecule has 0 aliphatic rings. The van der Waals surface area contributed by atoms with Crippen LogP contribution in [0.3, 0.4) is 0 Å². The van der Waals surface area contributed by atoms with Crippen molar-refractivity contribution in [2.45, 2.75) is 6.61 Å². The van der Waals surface area contributed by atoms with Crippen molar-refractivity contribution in [3.05, 3.63) is 75.5 Å². The summed E-state index contributed by atoms with van der Waals surface area (Å²) in [6.45, 7) is 0.294. The summed E-state index contributed by atoms with van der Waals surface area (Å²) in [5.74, 6) is 0.444. The van der Waals surface area contributed by atoms with Crippen LogP contribution in [0.5, 0.6) is 5.75 Å². The summed E-state index contributed by atoms with van der Waals surface area (Å²) in [5, 5.41) is 2.57. The Kier molecular flexibility index (Phi) is 4.13. The maximum absolute atomic E-state index is 13.4. The average Bonchev–Trinajstić information content (AvgIpc) is 2.46. The molecule has 0 aliphatic heterocycles. The molecular formula is C17H11BrClFO. The van der Waals surface area contributed by atoms with Gasteiger partial charge in [0.1, 0.15) is 18.2 Å². The van der Waals surface area contributed by atoms with Crippen LogP contribution in [-0.2, 0) is 6.61 Å². The van der Waals surface area contributed by atoms with Crippen LogP contribution in [0.1, 0.15) is 5.56 Å². The van der Waals surface area contributed by atoms with E-state index in [2.05, 4.69) is 15.9 Å². The molecule has 0 saturated heterocycles. The van der Waals surface area contributed by atoms with Crippen LogP contribution in [0.4, 0.5) is 4.39 Å². The Balaban J connectivity index is 1.90. The smallest absolute Gasteiger partial charge is 0.127 e. The Bertz CT molecular complexity index is 784. The van der Waals surface area contributed by atoms with Crippen LogP contribution < -0.4 is 4.74 Å². The third-order valence-electron chi connectivity index (χ3n) is 3.15. The molecule has 0 spiro atoms. The number of hydrogen-bond donors (Lipinski definition) is 0. The van der Waals surface area contributed by atoms with E-state index in [1.807, 2.05) is 36.4 Å². The van der Waals surface area contributed by atoms with E-state index in [0.717, 1.165) is 22.1 Å². The first-order valence-electron chi connectivity index (χ1n) is 6.38. The van der Waals surface area contributed by atoms with Crippen molar-refractivity contribution in [2.75, 3.05) is 0 Å². The maximum atomic E-state index is 13.4. The van der Waals surface area contributed by atoms with E-state index in [9.17, 15) is 4.39 Å². The van der Waals surface area contributed by atoms with Gasteiger partial charge in [-0.05, 0) is 35.9 Å². The monoisotopic (exact) mass is 364 g/mol. The maximum Gasteiger partial charge on any atom is 0.127 e.